The predicted octanol–water partition coefficient (Wildman–Crippen LogP) is 3.17. The van der Waals surface area contributed by atoms with Crippen molar-refractivity contribution in [3.8, 4) is 0 Å². The van der Waals surface area contributed by atoms with Gasteiger partial charge in [0.15, 0.2) is 0 Å². The van der Waals surface area contributed by atoms with E-state index in [1.54, 1.807) is 0 Å². The first-order valence-electron chi connectivity index (χ1n) is 7.87. The lowest BCUT2D eigenvalue weighted by atomic mass is 9.89. The van der Waals surface area contributed by atoms with Crippen molar-refractivity contribution in [3.63, 3.8) is 0 Å². The minimum atomic E-state index is 0.214. The van der Waals surface area contributed by atoms with Crippen LogP contribution in [-0.2, 0) is 9.47 Å². The Bertz CT molecular complexity index is 349. The van der Waals surface area contributed by atoms with Crippen LogP contribution in [0.5, 0.6) is 0 Å². The van der Waals surface area contributed by atoms with Gasteiger partial charge in [0.25, 0.3) is 0 Å². The minimum absolute atomic E-state index is 0.214. The van der Waals surface area contributed by atoms with Crippen LogP contribution in [0.25, 0.3) is 0 Å². The van der Waals surface area contributed by atoms with E-state index in [1.165, 1.54) is 18.4 Å². The van der Waals surface area contributed by atoms with Gasteiger partial charge in [-0.2, -0.15) is 0 Å². The first-order chi connectivity index (χ1) is 9.92. The van der Waals surface area contributed by atoms with Gasteiger partial charge in [0.2, 0.25) is 0 Å². The molecule has 0 spiro atoms. The van der Waals surface area contributed by atoms with Crippen molar-refractivity contribution in [1.29, 1.82) is 0 Å². The molecule has 1 aromatic carbocycles. The van der Waals surface area contributed by atoms with E-state index in [1.807, 2.05) is 6.92 Å². The number of rotatable bonds is 8. The molecule has 0 unspecified atom stereocenters. The van der Waals surface area contributed by atoms with Crippen LogP contribution < -0.4 is 5.32 Å². The monoisotopic (exact) mass is 277 g/mol. The topological polar surface area (TPSA) is 30.5 Å². The van der Waals surface area contributed by atoms with E-state index in [4.69, 9.17) is 9.47 Å². The summed E-state index contributed by atoms with van der Waals surface area (Å²) in [6.07, 6.45) is 3.68. The highest BCUT2D eigenvalue weighted by atomic mass is 16.5. The number of hydrogen-bond donors (Lipinski definition) is 1. The van der Waals surface area contributed by atoms with Crippen molar-refractivity contribution >= 4 is 0 Å². The maximum absolute atomic E-state index is 6.19. The highest BCUT2D eigenvalue weighted by molar-refractivity contribution is 5.18. The smallest absolute Gasteiger partial charge is 0.0865 e. The Hall–Kier alpha value is -0.900. The van der Waals surface area contributed by atoms with Gasteiger partial charge in [-0.15, -0.1) is 0 Å². The molecule has 0 aliphatic carbocycles. The van der Waals surface area contributed by atoms with Gasteiger partial charge in [-0.05, 0) is 38.3 Å². The second-order valence-electron chi connectivity index (χ2n) is 5.36. The molecule has 0 amide bonds. The van der Waals surface area contributed by atoms with E-state index >= 15 is 0 Å². The van der Waals surface area contributed by atoms with Crippen molar-refractivity contribution in [3.05, 3.63) is 35.9 Å². The van der Waals surface area contributed by atoms with Crippen LogP contribution >= 0.6 is 0 Å². The van der Waals surface area contributed by atoms with Crippen LogP contribution in [0, 0.1) is 5.92 Å². The summed E-state index contributed by atoms with van der Waals surface area (Å²) in [6.45, 7) is 6.58. The maximum atomic E-state index is 6.19. The number of piperidine rings is 1. The highest BCUT2D eigenvalue weighted by Gasteiger charge is 2.25. The molecule has 1 aliphatic heterocycles. The lowest BCUT2D eigenvalue weighted by Gasteiger charge is -2.31. The lowest BCUT2D eigenvalue weighted by Crippen LogP contribution is -2.34. The zero-order valence-electron chi connectivity index (χ0n) is 12.5. The summed E-state index contributed by atoms with van der Waals surface area (Å²) >= 11 is 0. The van der Waals surface area contributed by atoms with Crippen LogP contribution in [0.3, 0.4) is 0 Å². The average molecular weight is 277 g/mol. The van der Waals surface area contributed by atoms with E-state index in [0.717, 1.165) is 39.3 Å². The lowest BCUT2D eigenvalue weighted by molar-refractivity contribution is -0.00719. The van der Waals surface area contributed by atoms with Gasteiger partial charge in [0.05, 0.1) is 6.10 Å². The van der Waals surface area contributed by atoms with Crippen molar-refractivity contribution in [2.75, 3.05) is 32.9 Å². The van der Waals surface area contributed by atoms with Crippen molar-refractivity contribution in [1.82, 2.24) is 5.32 Å². The Balaban J connectivity index is 1.90. The molecule has 1 heterocycles. The molecule has 1 aromatic rings. The molecule has 112 valence electrons. The van der Waals surface area contributed by atoms with Gasteiger partial charge < -0.3 is 14.8 Å². The number of nitrogens with one attached hydrogen (secondary N) is 1. The predicted molar refractivity (Wildman–Crippen MR) is 81.8 cm³/mol. The van der Waals surface area contributed by atoms with E-state index in [0.29, 0.717) is 5.92 Å². The fourth-order valence-corrected chi connectivity index (χ4v) is 2.80. The fraction of sp³-hybridized carbons (Fsp3) is 0.647. The number of hydrogen-bond acceptors (Lipinski definition) is 3. The van der Waals surface area contributed by atoms with Gasteiger partial charge in [-0.3, -0.25) is 0 Å². The summed E-state index contributed by atoms with van der Waals surface area (Å²) in [6, 6.07) is 10.6. The normalized spacial score (nSPS) is 20.8. The Morgan fingerprint density at radius 2 is 2.10 bits per heavy atom. The fourth-order valence-electron chi connectivity index (χ4n) is 2.80. The molecule has 1 fully saturated rings. The molecule has 2 rings (SSSR count). The third-order valence-electron chi connectivity index (χ3n) is 3.83. The molecule has 1 N–H and O–H groups in total. The first kappa shape index (κ1) is 15.5. The van der Waals surface area contributed by atoms with Gasteiger partial charge in [-0.1, -0.05) is 30.3 Å². The van der Waals surface area contributed by atoms with E-state index in [-0.39, 0.29) is 6.10 Å². The van der Waals surface area contributed by atoms with Crippen LogP contribution in [0.15, 0.2) is 30.3 Å². The molecule has 0 aromatic heterocycles. The molecule has 3 nitrogen and oxygen atoms in total. The standard InChI is InChI=1S/C17H27NO2/c1-2-19-12-7-13-20-17(15-8-4-3-5-9-15)16-10-6-11-18-14-16/h3-5,8-9,16-18H,2,6-7,10-14H2,1H3/t16-,17+/m1/s1. The Kier molecular flexibility index (Phi) is 7.06. The van der Waals surface area contributed by atoms with Crippen molar-refractivity contribution in [2.24, 2.45) is 5.92 Å². The van der Waals surface area contributed by atoms with E-state index in [9.17, 15) is 0 Å². The summed E-state index contributed by atoms with van der Waals surface area (Å²) < 4.78 is 11.6. The molecule has 0 saturated carbocycles. The van der Waals surface area contributed by atoms with Gasteiger partial charge in [0, 0.05) is 32.3 Å². The highest BCUT2D eigenvalue weighted by Crippen LogP contribution is 2.30. The van der Waals surface area contributed by atoms with Crippen LogP contribution in [0.4, 0.5) is 0 Å². The van der Waals surface area contributed by atoms with Crippen molar-refractivity contribution < 1.29 is 9.47 Å². The Morgan fingerprint density at radius 3 is 2.80 bits per heavy atom. The largest absolute Gasteiger partial charge is 0.382 e. The van der Waals surface area contributed by atoms with E-state index in [2.05, 4.69) is 35.6 Å². The minimum Gasteiger partial charge on any atom is -0.382 e. The zero-order chi connectivity index (χ0) is 14.0. The van der Waals surface area contributed by atoms with Gasteiger partial charge >= 0.3 is 0 Å². The molecular formula is C17H27NO2. The summed E-state index contributed by atoms with van der Waals surface area (Å²) in [7, 11) is 0. The quantitative estimate of drug-likeness (QED) is 0.740. The summed E-state index contributed by atoms with van der Waals surface area (Å²) in [5, 5.41) is 3.49. The third kappa shape index (κ3) is 4.89. The summed E-state index contributed by atoms with van der Waals surface area (Å²) in [5.41, 5.74) is 1.30. The van der Waals surface area contributed by atoms with E-state index < -0.39 is 0 Å². The Labute approximate surface area is 122 Å². The van der Waals surface area contributed by atoms with Crippen LogP contribution in [0.1, 0.15) is 37.9 Å². The molecular weight excluding hydrogens is 250 g/mol. The molecule has 0 radical (unpaired) electrons. The first-order valence-corrected chi connectivity index (χ1v) is 7.87. The number of benzene rings is 1. The molecule has 3 heteroatoms. The SMILES string of the molecule is CCOCCCO[C@@H](c1ccccc1)[C@@H]1CCCNC1. The summed E-state index contributed by atoms with van der Waals surface area (Å²) in [4.78, 5) is 0. The zero-order valence-corrected chi connectivity index (χ0v) is 12.5. The molecule has 0 bridgehead atoms. The molecule has 1 saturated heterocycles. The Morgan fingerprint density at radius 1 is 1.25 bits per heavy atom. The van der Waals surface area contributed by atoms with Gasteiger partial charge in [-0.25, -0.2) is 0 Å². The second-order valence-corrected chi connectivity index (χ2v) is 5.36. The van der Waals surface area contributed by atoms with Crippen molar-refractivity contribution in [2.45, 2.75) is 32.3 Å². The van der Waals surface area contributed by atoms with Crippen LogP contribution in [-0.4, -0.2) is 32.9 Å². The van der Waals surface area contributed by atoms with Gasteiger partial charge in [0.1, 0.15) is 0 Å². The summed E-state index contributed by atoms with van der Waals surface area (Å²) in [5.74, 6) is 0.582. The second kappa shape index (κ2) is 9.11. The molecule has 20 heavy (non-hydrogen) atoms. The molecule has 1 aliphatic rings. The maximum Gasteiger partial charge on any atom is 0.0865 e. The average Bonchev–Trinajstić information content (AvgIpc) is 2.53. The molecule has 2 atom stereocenters. The van der Waals surface area contributed by atoms with Crippen LogP contribution in [0.2, 0.25) is 0 Å². The number of ether oxygens (including phenoxy) is 2. The third-order valence-corrected chi connectivity index (χ3v) is 3.83.